The summed E-state index contributed by atoms with van der Waals surface area (Å²) in [6.45, 7) is 6.19. The Hall–Kier alpha value is -1.44. The molecule has 0 saturated carbocycles. The highest BCUT2D eigenvalue weighted by Gasteiger charge is 2.60. The van der Waals surface area contributed by atoms with Crippen molar-refractivity contribution in [2.45, 2.75) is 57.8 Å². The number of alkyl carbamates (subject to hydrolysis) is 1. The van der Waals surface area contributed by atoms with Gasteiger partial charge in [-0.05, 0) is 20.8 Å². The van der Waals surface area contributed by atoms with Crippen LogP contribution >= 0.6 is 0 Å². The van der Waals surface area contributed by atoms with Crippen LogP contribution in [0, 0.1) is 0 Å². The number of carbonyl (C=O) groups is 2. The third kappa shape index (κ3) is 5.11. The maximum atomic E-state index is 14.2. The smallest absolute Gasteiger partial charge is 0.410 e. The van der Waals surface area contributed by atoms with Gasteiger partial charge < -0.3 is 14.7 Å². The number of aliphatic hydroxyl groups is 1. The van der Waals surface area contributed by atoms with Gasteiger partial charge in [0.1, 0.15) is 5.60 Å². The predicted molar refractivity (Wildman–Crippen MR) is 72.9 cm³/mol. The number of hydrogen-bond donors (Lipinski definition) is 2. The Morgan fingerprint density at radius 3 is 2.05 bits per heavy atom. The van der Waals surface area contributed by atoms with E-state index >= 15 is 0 Å². The average molecular weight is 310 g/mol. The Kier molecular flexibility index (Phi) is 6.10. The van der Waals surface area contributed by atoms with Crippen molar-refractivity contribution in [1.29, 1.82) is 0 Å². The summed E-state index contributed by atoms with van der Waals surface area (Å²) in [5.41, 5.74) is -3.93. The zero-order valence-corrected chi connectivity index (χ0v) is 13.3. The van der Waals surface area contributed by atoms with E-state index in [2.05, 4.69) is 0 Å². The molecule has 0 spiro atoms. The molecule has 0 aliphatic carbocycles. The number of carbonyl (C=O) groups excluding carboxylic acids is 2. The van der Waals surface area contributed by atoms with Gasteiger partial charge in [0.05, 0.1) is 0 Å². The Labute approximate surface area is 123 Å². The monoisotopic (exact) mass is 310 g/mol. The van der Waals surface area contributed by atoms with Crippen molar-refractivity contribution >= 4 is 12.0 Å². The molecule has 0 radical (unpaired) electrons. The Bertz CT molecular complexity index is 394. The highest BCUT2D eigenvalue weighted by atomic mass is 19.3. The molecular formula is C13H24F2N2O4. The maximum Gasteiger partial charge on any atom is 0.410 e. The van der Waals surface area contributed by atoms with Gasteiger partial charge in [-0.1, -0.05) is 13.3 Å². The predicted octanol–water partition coefficient (Wildman–Crippen LogP) is 1.72. The molecule has 0 aromatic carbocycles. The van der Waals surface area contributed by atoms with E-state index in [4.69, 9.17) is 4.74 Å². The molecule has 0 unspecified atom stereocenters. The standard InChI is InChI=1S/C13H24F2N2O4/c1-7-8-12(20,13(14,15)9(18)17(5)6)16-10(19)21-11(2,3)4/h20H,7-8H2,1-6H3,(H,16,19)/t12-/m0/s1. The van der Waals surface area contributed by atoms with Crippen LogP contribution in [0.5, 0.6) is 0 Å². The first kappa shape index (κ1) is 19.6. The minimum Gasteiger partial charge on any atom is -0.444 e. The van der Waals surface area contributed by atoms with E-state index in [1.807, 2.05) is 0 Å². The lowest BCUT2D eigenvalue weighted by atomic mass is 9.98. The number of alkyl halides is 2. The quantitative estimate of drug-likeness (QED) is 0.758. The van der Waals surface area contributed by atoms with Crippen molar-refractivity contribution in [2.75, 3.05) is 14.1 Å². The summed E-state index contributed by atoms with van der Waals surface area (Å²) in [6, 6.07) is 0. The van der Waals surface area contributed by atoms with Crippen LogP contribution in [0.1, 0.15) is 40.5 Å². The van der Waals surface area contributed by atoms with E-state index in [1.165, 1.54) is 6.92 Å². The zero-order chi connectivity index (χ0) is 17.1. The summed E-state index contributed by atoms with van der Waals surface area (Å²) >= 11 is 0. The lowest BCUT2D eigenvalue weighted by Gasteiger charge is -2.36. The first-order valence-electron chi connectivity index (χ1n) is 6.60. The van der Waals surface area contributed by atoms with Crippen LogP contribution in [0.15, 0.2) is 0 Å². The first-order valence-corrected chi connectivity index (χ1v) is 6.60. The molecule has 0 bridgehead atoms. The first-order chi connectivity index (χ1) is 9.27. The van der Waals surface area contributed by atoms with Crippen LogP contribution in [0.3, 0.4) is 0 Å². The molecule has 0 aromatic heterocycles. The minimum atomic E-state index is -4.18. The van der Waals surface area contributed by atoms with Gasteiger partial charge in [-0.15, -0.1) is 0 Å². The van der Waals surface area contributed by atoms with Gasteiger partial charge in [-0.3, -0.25) is 10.1 Å². The van der Waals surface area contributed by atoms with Gasteiger partial charge in [-0.25, -0.2) is 4.79 Å². The molecule has 2 amide bonds. The molecule has 124 valence electrons. The summed E-state index contributed by atoms with van der Waals surface area (Å²) in [5, 5.41) is 11.8. The zero-order valence-electron chi connectivity index (χ0n) is 13.3. The largest absolute Gasteiger partial charge is 0.444 e. The summed E-state index contributed by atoms with van der Waals surface area (Å²) in [6.07, 6.45) is -1.59. The van der Waals surface area contributed by atoms with Gasteiger partial charge in [0, 0.05) is 20.5 Å². The molecule has 1 atom stereocenters. The second-order valence-electron chi connectivity index (χ2n) is 6.01. The molecule has 0 rings (SSSR count). The summed E-state index contributed by atoms with van der Waals surface area (Å²) in [7, 11) is 2.27. The Morgan fingerprint density at radius 2 is 1.71 bits per heavy atom. The van der Waals surface area contributed by atoms with Crippen molar-refractivity contribution in [3.8, 4) is 0 Å². The van der Waals surface area contributed by atoms with E-state index < -0.39 is 35.7 Å². The molecule has 0 aliphatic rings. The Morgan fingerprint density at radius 1 is 1.24 bits per heavy atom. The topological polar surface area (TPSA) is 78.9 Å². The maximum absolute atomic E-state index is 14.2. The van der Waals surface area contributed by atoms with Gasteiger partial charge >= 0.3 is 12.0 Å². The molecule has 6 nitrogen and oxygen atoms in total. The number of rotatable bonds is 5. The number of amides is 2. The van der Waals surface area contributed by atoms with Gasteiger partial charge in [-0.2, -0.15) is 8.78 Å². The summed E-state index contributed by atoms with van der Waals surface area (Å²) < 4.78 is 33.2. The number of nitrogens with zero attached hydrogens (tertiary/aromatic N) is 1. The lowest BCUT2D eigenvalue weighted by Crippen LogP contribution is -2.66. The fraction of sp³-hybridized carbons (Fsp3) is 0.846. The highest BCUT2D eigenvalue weighted by molar-refractivity contribution is 5.85. The molecule has 21 heavy (non-hydrogen) atoms. The highest BCUT2D eigenvalue weighted by Crippen LogP contribution is 2.32. The lowest BCUT2D eigenvalue weighted by molar-refractivity contribution is -0.209. The van der Waals surface area contributed by atoms with Crippen molar-refractivity contribution < 1.29 is 28.2 Å². The molecule has 0 fully saturated rings. The second kappa shape index (κ2) is 6.55. The Balaban J connectivity index is 5.33. The molecule has 2 N–H and O–H groups in total. The van der Waals surface area contributed by atoms with Gasteiger partial charge in [0.25, 0.3) is 5.91 Å². The third-order valence-electron chi connectivity index (χ3n) is 2.51. The second-order valence-corrected chi connectivity index (χ2v) is 6.01. The number of hydrogen-bond acceptors (Lipinski definition) is 4. The fourth-order valence-corrected chi connectivity index (χ4v) is 1.59. The van der Waals surface area contributed by atoms with Crippen molar-refractivity contribution in [3.05, 3.63) is 0 Å². The minimum absolute atomic E-state index is 0.128. The summed E-state index contributed by atoms with van der Waals surface area (Å²) in [5.74, 6) is -5.78. The molecule has 0 saturated heterocycles. The van der Waals surface area contributed by atoms with Crippen LogP contribution in [-0.2, 0) is 9.53 Å². The van der Waals surface area contributed by atoms with Crippen molar-refractivity contribution in [1.82, 2.24) is 10.2 Å². The molecular weight excluding hydrogens is 286 g/mol. The third-order valence-corrected chi connectivity index (χ3v) is 2.51. The van der Waals surface area contributed by atoms with Gasteiger partial charge in [0.15, 0.2) is 0 Å². The SMILES string of the molecule is CCC[C@@](O)(NC(=O)OC(C)(C)C)C(F)(F)C(=O)N(C)C. The average Bonchev–Trinajstić information content (AvgIpc) is 2.24. The van der Waals surface area contributed by atoms with Crippen LogP contribution in [-0.4, -0.2) is 53.4 Å². The molecule has 0 aromatic rings. The van der Waals surface area contributed by atoms with Crippen LogP contribution in [0.4, 0.5) is 13.6 Å². The van der Waals surface area contributed by atoms with E-state index in [0.717, 1.165) is 14.1 Å². The van der Waals surface area contributed by atoms with Crippen LogP contribution in [0.25, 0.3) is 0 Å². The van der Waals surface area contributed by atoms with Crippen molar-refractivity contribution in [3.63, 3.8) is 0 Å². The van der Waals surface area contributed by atoms with Crippen LogP contribution in [0.2, 0.25) is 0 Å². The molecule has 0 heterocycles. The molecule has 0 aliphatic heterocycles. The number of halogens is 2. The van der Waals surface area contributed by atoms with E-state index in [9.17, 15) is 23.5 Å². The van der Waals surface area contributed by atoms with E-state index in [1.54, 1.807) is 26.1 Å². The number of nitrogens with one attached hydrogen (secondary N) is 1. The van der Waals surface area contributed by atoms with Gasteiger partial charge in [0.2, 0.25) is 5.72 Å². The fourth-order valence-electron chi connectivity index (χ4n) is 1.59. The van der Waals surface area contributed by atoms with E-state index in [0.29, 0.717) is 4.90 Å². The van der Waals surface area contributed by atoms with Crippen LogP contribution < -0.4 is 5.32 Å². The van der Waals surface area contributed by atoms with E-state index in [-0.39, 0.29) is 6.42 Å². The van der Waals surface area contributed by atoms with Crippen molar-refractivity contribution in [2.24, 2.45) is 0 Å². The molecule has 8 heteroatoms. The summed E-state index contributed by atoms with van der Waals surface area (Å²) in [4.78, 5) is 23.9. The normalized spacial score (nSPS) is 15.1. The number of ether oxygens (including phenoxy) is 1.